The van der Waals surface area contributed by atoms with Gasteiger partial charge in [-0.15, -0.1) is 0 Å². The molecule has 0 spiro atoms. The molecule has 0 aliphatic heterocycles. The standard InChI is InChI=1S/C10H24N.C4H10O3S/c1-5-8-11(4,9-6-2)10-7-3;1-2-3-4-8(5,6)7/h5-10H2,1-4H3;2-4H2,1H3,(H,5,6,7)/q+1;/p-1. The molecule has 0 radical (unpaired) electrons. The molecule has 0 heterocycles. The smallest absolute Gasteiger partial charge is 0.0945 e. The highest BCUT2D eigenvalue weighted by Gasteiger charge is 2.16. The van der Waals surface area contributed by atoms with Gasteiger partial charge in [0.05, 0.1) is 36.8 Å². The Kier molecular flexibility index (Phi) is 13.0. The molecule has 19 heavy (non-hydrogen) atoms. The van der Waals surface area contributed by atoms with Crippen LogP contribution in [0.4, 0.5) is 0 Å². The number of quaternary nitrogens is 1. The molecule has 0 atom stereocenters. The molecule has 0 aliphatic rings. The van der Waals surface area contributed by atoms with Crippen molar-refractivity contribution >= 4 is 10.1 Å². The molecule has 118 valence electrons. The van der Waals surface area contributed by atoms with Crippen molar-refractivity contribution in [2.24, 2.45) is 0 Å². The van der Waals surface area contributed by atoms with E-state index in [1.165, 1.54) is 43.4 Å². The third kappa shape index (κ3) is 15.8. The minimum Gasteiger partial charge on any atom is -0.748 e. The third-order valence-corrected chi connectivity index (χ3v) is 3.83. The molecular weight excluding hydrogens is 262 g/mol. The van der Waals surface area contributed by atoms with E-state index in [1.54, 1.807) is 0 Å². The summed E-state index contributed by atoms with van der Waals surface area (Å²) in [6, 6.07) is 0. The Balaban J connectivity index is 0. The Labute approximate surface area is 120 Å². The van der Waals surface area contributed by atoms with Crippen molar-refractivity contribution in [3.05, 3.63) is 0 Å². The molecule has 0 unspecified atom stereocenters. The van der Waals surface area contributed by atoms with E-state index < -0.39 is 10.1 Å². The first kappa shape index (κ1) is 21.2. The van der Waals surface area contributed by atoms with Gasteiger partial charge in [0.2, 0.25) is 0 Å². The Morgan fingerprint density at radius 3 is 1.37 bits per heavy atom. The maximum atomic E-state index is 9.83. The number of hydrogen-bond acceptors (Lipinski definition) is 3. The van der Waals surface area contributed by atoms with Crippen molar-refractivity contribution < 1.29 is 17.5 Å². The molecule has 0 saturated carbocycles. The summed E-state index contributed by atoms with van der Waals surface area (Å²) in [5.41, 5.74) is 0. The minimum absolute atomic E-state index is 0.219. The fourth-order valence-electron chi connectivity index (χ4n) is 2.28. The van der Waals surface area contributed by atoms with Crippen molar-refractivity contribution in [2.75, 3.05) is 32.4 Å². The van der Waals surface area contributed by atoms with Crippen LogP contribution in [-0.2, 0) is 10.1 Å². The van der Waals surface area contributed by atoms with Crippen LogP contribution in [0.5, 0.6) is 0 Å². The number of rotatable bonds is 9. The van der Waals surface area contributed by atoms with E-state index in [1.807, 2.05) is 6.92 Å². The average Bonchev–Trinajstić information content (AvgIpc) is 2.27. The zero-order valence-electron chi connectivity index (χ0n) is 13.4. The second-order valence-electron chi connectivity index (χ2n) is 5.41. The Morgan fingerprint density at radius 2 is 1.21 bits per heavy atom. The highest BCUT2D eigenvalue weighted by molar-refractivity contribution is 7.85. The lowest BCUT2D eigenvalue weighted by atomic mass is 10.2. The van der Waals surface area contributed by atoms with Crippen LogP contribution in [0.1, 0.15) is 59.8 Å². The summed E-state index contributed by atoms with van der Waals surface area (Å²) in [5.74, 6) is -0.219. The fourth-order valence-corrected chi connectivity index (χ4v) is 2.92. The summed E-state index contributed by atoms with van der Waals surface area (Å²) in [5, 5.41) is 0. The molecule has 5 heteroatoms. The van der Waals surface area contributed by atoms with Gasteiger partial charge in [-0.3, -0.25) is 0 Å². The van der Waals surface area contributed by atoms with Gasteiger partial charge in [-0.2, -0.15) is 0 Å². The van der Waals surface area contributed by atoms with Crippen LogP contribution in [0.15, 0.2) is 0 Å². The van der Waals surface area contributed by atoms with E-state index >= 15 is 0 Å². The maximum absolute atomic E-state index is 9.83. The van der Waals surface area contributed by atoms with Crippen molar-refractivity contribution in [1.29, 1.82) is 0 Å². The molecule has 4 nitrogen and oxygen atoms in total. The molecule has 0 N–H and O–H groups in total. The zero-order valence-corrected chi connectivity index (χ0v) is 14.3. The minimum atomic E-state index is -3.94. The van der Waals surface area contributed by atoms with Crippen LogP contribution in [0.3, 0.4) is 0 Å². The van der Waals surface area contributed by atoms with Crippen molar-refractivity contribution in [2.45, 2.75) is 59.8 Å². The Bertz CT molecular complexity index is 272. The molecular formula is C14H33NO3S. The summed E-state index contributed by atoms with van der Waals surface area (Å²) in [4.78, 5) is 0. The van der Waals surface area contributed by atoms with Crippen LogP contribution in [0.2, 0.25) is 0 Å². The van der Waals surface area contributed by atoms with Crippen LogP contribution in [0, 0.1) is 0 Å². The van der Waals surface area contributed by atoms with E-state index in [9.17, 15) is 13.0 Å². The van der Waals surface area contributed by atoms with E-state index in [0.29, 0.717) is 6.42 Å². The predicted octanol–water partition coefficient (Wildman–Crippen LogP) is 2.99. The fraction of sp³-hybridized carbons (Fsp3) is 1.00. The first-order chi connectivity index (χ1) is 8.74. The van der Waals surface area contributed by atoms with Crippen LogP contribution in [0.25, 0.3) is 0 Å². The quantitative estimate of drug-likeness (QED) is 0.485. The molecule has 0 bridgehead atoms. The first-order valence-electron chi connectivity index (χ1n) is 7.51. The van der Waals surface area contributed by atoms with Gasteiger partial charge in [0, 0.05) is 5.75 Å². The van der Waals surface area contributed by atoms with Crippen LogP contribution < -0.4 is 0 Å². The second kappa shape index (κ2) is 11.7. The van der Waals surface area contributed by atoms with Gasteiger partial charge in [-0.1, -0.05) is 34.1 Å². The summed E-state index contributed by atoms with van der Waals surface area (Å²) in [6.07, 6.45) is 5.18. The van der Waals surface area contributed by atoms with Gasteiger partial charge in [0.25, 0.3) is 0 Å². The third-order valence-electron chi connectivity index (χ3n) is 3.04. The molecule has 0 aromatic carbocycles. The normalized spacial score (nSPS) is 11.9. The summed E-state index contributed by atoms with van der Waals surface area (Å²) in [6.45, 7) is 12.7. The number of hydrogen-bond donors (Lipinski definition) is 0. The van der Waals surface area contributed by atoms with E-state index in [2.05, 4.69) is 27.8 Å². The Morgan fingerprint density at radius 1 is 0.842 bits per heavy atom. The molecule has 0 amide bonds. The van der Waals surface area contributed by atoms with Gasteiger partial charge >= 0.3 is 0 Å². The van der Waals surface area contributed by atoms with Gasteiger partial charge in [0.15, 0.2) is 0 Å². The molecule has 0 aliphatic carbocycles. The lowest BCUT2D eigenvalue weighted by Crippen LogP contribution is -2.45. The summed E-state index contributed by atoms with van der Waals surface area (Å²) >= 11 is 0. The lowest BCUT2D eigenvalue weighted by Gasteiger charge is -2.33. The topological polar surface area (TPSA) is 57.2 Å². The van der Waals surface area contributed by atoms with Crippen molar-refractivity contribution in [1.82, 2.24) is 0 Å². The number of nitrogens with zero attached hydrogens (tertiary/aromatic N) is 1. The molecule has 0 rings (SSSR count). The SMILES string of the molecule is CCCCS(=O)(=O)[O-].CCC[N+](C)(CCC)CCC. The number of unbranched alkanes of at least 4 members (excludes halogenated alkanes) is 1. The van der Waals surface area contributed by atoms with Crippen molar-refractivity contribution in [3.8, 4) is 0 Å². The Hall–Kier alpha value is -0.130. The molecule has 0 fully saturated rings. The summed E-state index contributed by atoms with van der Waals surface area (Å²) in [7, 11) is -1.55. The van der Waals surface area contributed by atoms with E-state index in [0.717, 1.165) is 6.42 Å². The highest BCUT2D eigenvalue weighted by Crippen LogP contribution is 2.06. The van der Waals surface area contributed by atoms with Gasteiger partial charge in [-0.25, -0.2) is 8.42 Å². The average molecular weight is 295 g/mol. The monoisotopic (exact) mass is 295 g/mol. The molecule has 0 aromatic rings. The summed E-state index contributed by atoms with van der Waals surface area (Å²) < 4.78 is 30.8. The van der Waals surface area contributed by atoms with Gasteiger partial charge in [0.1, 0.15) is 0 Å². The molecule has 0 aromatic heterocycles. The maximum Gasteiger partial charge on any atom is 0.0945 e. The van der Waals surface area contributed by atoms with Gasteiger partial charge in [-0.05, 0) is 25.7 Å². The second-order valence-corrected chi connectivity index (χ2v) is 6.93. The largest absolute Gasteiger partial charge is 0.748 e. The van der Waals surface area contributed by atoms with Crippen molar-refractivity contribution in [3.63, 3.8) is 0 Å². The van der Waals surface area contributed by atoms with E-state index in [4.69, 9.17) is 0 Å². The predicted molar refractivity (Wildman–Crippen MR) is 81.1 cm³/mol. The highest BCUT2D eigenvalue weighted by atomic mass is 32.2. The zero-order chi connectivity index (χ0) is 15.4. The van der Waals surface area contributed by atoms with E-state index in [-0.39, 0.29) is 5.75 Å². The molecule has 0 saturated heterocycles. The van der Waals surface area contributed by atoms with Crippen LogP contribution >= 0.6 is 0 Å². The first-order valence-corrected chi connectivity index (χ1v) is 9.09. The van der Waals surface area contributed by atoms with Gasteiger partial charge < -0.3 is 9.04 Å². The van der Waals surface area contributed by atoms with Crippen LogP contribution in [-0.4, -0.2) is 49.9 Å². The lowest BCUT2D eigenvalue weighted by molar-refractivity contribution is -0.909.